The Labute approximate surface area is 170 Å². The summed E-state index contributed by atoms with van der Waals surface area (Å²) in [6, 6.07) is 15.5. The first-order chi connectivity index (χ1) is 13.3. The van der Waals surface area contributed by atoms with Crippen LogP contribution in [0.3, 0.4) is 0 Å². The second kappa shape index (κ2) is 8.19. The van der Waals surface area contributed by atoms with Gasteiger partial charge in [0.1, 0.15) is 0 Å². The molecule has 4 nitrogen and oxygen atoms in total. The Morgan fingerprint density at radius 3 is 2.50 bits per heavy atom. The molecule has 2 aromatic carbocycles. The number of ether oxygens (including phenoxy) is 1. The maximum Gasteiger partial charge on any atom is 0.306 e. The van der Waals surface area contributed by atoms with E-state index in [-0.39, 0.29) is 24.2 Å². The molecule has 0 fully saturated rings. The fourth-order valence-corrected chi connectivity index (χ4v) is 3.84. The van der Waals surface area contributed by atoms with E-state index in [0.717, 1.165) is 16.9 Å². The fourth-order valence-electron chi connectivity index (χ4n) is 3.61. The molecule has 146 valence electrons. The normalized spacial score (nSPS) is 16.1. The molecule has 3 rings (SSSR count). The molecule has 0 aromatic heterocycles. The molecular formula is C23H24ClNO3. The standard InChI is InChI=1S/C23H24ClNO3/c1-23(2)18-9-5-7-11-20(18)25(3)21(23)14-17(26)15-28-22(27)13-12-16-8-4-6-10-19(16)24/h4-11,14H,12-13,15H2,1-3H3/b21-14+. The van der Waals surface area contributed by atoms with Crippen molar-refractivity contribution in [1.82, 2.24) is 0 Å². The molecule has 28 heavy (non-hydrogen) atoms. The van der Waals surface area contributed by atoms with E-state index < -0.39 is 5.97 Å². The summed E-state index contributed by atoms with van der Waals surface area (Å²) in [5.74, 6) is -0.636. The minimum absolute atomic E-state index is 0.185. The van der Waals surface area contributed by atoms with Gasteiger partial charge in [-0.25, -0.2) is 0 Å². The first-order valence-electron chi connectivity index (χ1n) is 9.28. The van der Waals surface area contributed by atoms with Crippen LogP contribution in [-0.2, 0) is 26.2 Å². The first kappa shape index (κ1) is 20.2. The molecule has 0 saturated carbocycles. The summed E-state index contributed by atoms with van der Waals surface area (Å²) in [7, 11) is 1.95. The molecule has 0 saturated heterocycles. The van der Waals surface area contributed by atoms with Crippen molar-refractivity contribution in [3.8, 4) is 0 Å². The van der Waals surface area contributed by atoms with Crippen molar-refractivity contribution in [2.24, 2.45) is 0 Å². The van der Waals surface area contributed by atoms with Crippen molar-refractivity contribution in [2.75, 3.05) is 18.6 Å². The van der Waals surface area contributed by atoms with Crippen molar-refractivity contribution in [2.45, 2.75) is 32.1 Å². The number of allylic oxidation sites excluding steroid dienone is 1. The van der Waals surface area contributed by atoms with Crippen molar-refractivity contribution >= 4 is 29.0 Å². The van der Waals surface area contributed by atoms with Crippen LogP contribution in [0.5, 0.6) is 0 Å². The third kappa shape index (κ3) is 4.12. The minimum atomic E-state index is -0.408. The Balaban J connectivity index is 1.58. The van der Waals surface area contributed by atoms with E-state index in [2.05, 4.69) is 19.9 Å². The monoisotopic (exact) mass is 397 g/mol. The average molecular weight is 398 g/mol. The van der Waals surface area contributed by atoms with Crippen LogP contribution in [0, 0.1) is 0 Å². The summed E-state index contributed by atoms with van der Waals surface area (Å²) in [6.07, 6.45) is 2.25. The molecule has 0 aliphatic carbocycles. The number of likely N-dealkylation sites (N-methyl/N-ethyl adjacent to an activating group) is 1. The smallest absolute Gasteiger partial charge is 0.306 e. The molecule has 0 bridgehead atoms. The Hall–Kier alpha value is -2.59. The van der Waals surface area contributed by atoms with Gasteiger partial charge < -0.3 is 9.64 Å². The number of halogens is 1. The topological polar surface area (TPSA) is 46.6 Å². The summed E-state index contributed by atoms with van der Waals surface area (Å²) in [6.45, 7) is 3.92. The summed E-state index contributed by atoms with van der Waals surface area (Å²) in [5, 5.41) is 0.627. The largest absolute Gasteiger partial charge is 0.457 e. The van der Waals surface area contributed by atoms with Crippen molar-refractivity contribution in [1.29, 1.82) is 0 Å². The van der Waals surface area contributed by atoms with Gasteiger partial charge in [-0.2, -0.15) is 0 Å². The lowest BCUT2D eigenvalue weighted by Crippen LogP contribution is -2.25. The number of rotatable bonds is 6. The second-order valence-corrected chi connectivity index (χ2v) is 7.86. The Bertz CT molecular complexity index is 933. The van der Waals surface area contributed by atoms with Gasteiger partial charge in [-0.15, -0.1) is 0 Å². The molecule has 1 aliphatic rings. The molecule has 1 aliphatic heterocycles. The van der Waals surface area contributed by atoms with Crippen LogP contribution < -0.4 is 4.90 Å². The third-order valence-electron chi connectivity index (χ3n) is 5.17. The summed E-state index contributed by atoms with van der Waals surface area (Å²) in [4.78, 5) is 26.4. The van der Waals surface area contributed by atoms with E-state index >= 15 is 0 Å². The van der Waals surface area contributed by atoms with Gasteiger partial charge in [-0.1, -0.05) is 61.8 Å². The van der Waals surface area contributed by atoms with Crippen LogP contribution in [0.1, 0.15) is 31.4 Å². The number of ketones is 1. The molecular weight excluding hydrogens is 374 g/mol. The molecule has 0 radical (unpaired) electrons. The Morgan fingerprint density at radius 2 is 1.79 bits per heavy atom. The van der Waals surface area contributed by atoms with Gasteiger partial charge in [0.05, 0.1) is 0 Å². The van der Waals surface area contributed by atoms with Crippen molar-refractivity contribution < 1.29 is 14.3 Å². The van der Waals surface area contributed by atoms with Crippen LogP contribution in [0.4, 0.5) is 5.69 Å². The van der Waals surface area contributed by atoms with Crippen LogP contribution >= 0.6 is 11.6 Å². The zero-order valence-electron chi connectivity index (χ0n) is 16.4. The summed E-state index contributed by atoms with van der Waals surface area (Å²) in [5.41, 5.74) is 3.76. The van der Waals surface area contributed by atoms with Gasteiger partial charge in [-0.05, 0) is 29.7 Å². The molecule has 0 spiro atoms. The van der Waals surface area contributed by atoms with E-state index in [9.17, 15) is 9.59 Å². The fraction of sp³-hybridized carbons (Fsp3) is 0.304. The van der Waals surface area contributed by atoms with Gasteiger partial charge in [0.15, 0.2) is 12.4 Å². The minimum Gasteiger partial charge on any atom is -0.457 e. The molecule has 2 aromatic rings. The molecule has 0 N–H and O–H groups in total. The molecule has 1 heterocycles. The number of aryl methyl sites for hydroxylation is 1. The van der Waals surface area contributed by atoms with E-state index in [4.69, 9.17) is 16.3 Å². The van der Waals surface area contributed by atoms with E-state index in [1.54, 1.807) is 12.1 Å². The quantitative estimate of drug-likeness (QED) is 0.523. The van der Waals surface area contributed by atoms with Gasteiger partial charge in [0, 0.05) is 41.4 Å². The number of hydrogen-bond acceptors (Lipinski definition) is 4. The number of hydrogen-bond donors (Lipinski definition) is 0. The van der Waals surface area contributed by atoms with Crippen LogP contribution in [0.2, 0.25) is 5.02 Å². The average Bonchev–Trinajstić information content (AvgIpc) is 2.87. The van der Waals surface area contributed by atoms with Gasteiger partial charge in [0.25, 0.3) is 0 Å². The summed E-state index contributed by atoms with van der Waals surface area (Å²) >= 11 is 6.09. The summed E-state index contributed by atoms with van der Waals surface area (Å²) < 4.78 is 5.16. The lowest BCUT2D eigenvalue weighted by atomic mass is 9.83. The van der Waals surface area contributed by atoms with Crippen LogP contribution in [-0.4, -0.2) is 25.4 Å². The van der Waals surface area contributed by atoms with E-state index in [1.165, 1.54) is 5.56 Å². The highest BCUT2D eigenvalue weighted by Crippen LogP contribution is 2.46. The SMILES string of the molecule is CN1/C(=C/C(=O)COC(=O)CCc2ccccc2Cl)C(C)(C)c2ccccc21. The van der Waals surface area contributed by atoms with Gasteiger partial charge in [0.2, 0.25) is 0 Å². The maximum absolute atomic E-state index is 12.4. The second-order valence-electron chi connectivity index (χ2n) is 7.45. The van der Waals surface area contributed by atoms with Crippen LogP contribution in [0.25, 0.3) is 0 Å². The number of carbonyl (C=O) groups is 2. The van der Waals surface area contributed by atoms with E-state index in [1.807, 2.05) is 48.3 Å². The number of para-hydroxylation sites is 1. The third-order valence-corrected chi connectivity index (χ3v) is 5.54. The van der Waals surface area contributed by atoms with Gasteiger partial charge in [-0.3, -0.25) is 9.59 Å². The Kier molecular flexibility index (Phi) is 5.90. The predicted octanol–water partition coefficient (Wildman–Crippen LogP) is 4.70. The number of anilines is 1. The lowest BCUT2D eigenvalue weighted by molar-refractivity contribution is -0.146. The van der Waals surface area contributed by atoms with E-state index in [0.29, 0.717) is 11.4 Å². The number of benzene rings is 2. The zero-order valence-corrected chi connectivity index (χ0v) is 17.1. The van der Waals surface area contributed by atoms with Crippen molar-refractivity contribution in [3.63, 3.8) is 0 Å². The number of esters is 1. The number of nitrogens with zero attached hydrogens (tertiary/aromatic N) is 1. The molecule has 5 heteroatoms. The lowest BCUT2D eigenvalue weighted by Gasteiger charge is -2.23. The first-order valence-corrected chi connectivity index (χ1v) is 9.66. The highest BCUT2D eigenvalue weighted by molar-refractivity contribution is 6.31. The number of carbonyl (C=O) groups excluding carboxylic acids is 2. The maximum atomic E-state index is 12.4. The van der Waals surface area contributed by atoms with Crippen molar-refractivity contribution in [3.05, 3.63) is 76.5 Å². The predicted molar refractivity (Wildman–Crippen MR) is 112 cm³/mol. The van der Waals surface area contributed by atoms with Crippen LogP contribution in [0.15, 0.2) is 60.3 Å². The molecule has 0 amide bonds. The number of fused-ring (bicyclic) bond motifs is 1. The highest BCUT2D eigenvalue weighted by atomic mass is 35.5. The highest BCUT2D eigenvalue weighted by Gasteiger charge is 2.38. The van der Waals surface area contributed by atoms with Gasteiger partial charge >= 0.3 is 5.97 Å². The molecule has 0 atom stereocenters. The molecule has 0 unspecified atom stereocenters. The Morgan fingerprint density at radius 1 is 1.11 bits per heavy atom. The zero-order chi connectivity index (χ0) is 20.3.